The minimum absolute atomic E-state index is 0.00928. The summed E-state index contributed by atoms with van der Waals surface area (Å²) >= 11 is 0. The summed E-state index contributed by atoms with van der Waals surface area (Å²) < 4.78 is 13.6. The van der Waals surface area contributed by atoms with E-state index in [1.165, 1.54) is 11.1 Å². The van der Waals surface area contributed by atoms with Gasteiger partial charge in [0.2, 0.25) is 5.91 Å². The smallest absolute Gasteiger partial charge is 0.303 e. The van der Waals surface area contributed by atoms with Gasteiger partial charge in [0.25, 0.3) is 0 Å². The minimum Gasteiger partial charge on any atom is -0.481 e. The van der Waals surface area contributed by atoms with Gasteiger partial charge >= 0.3 is 5.97 Å². The van der Waals surface area contributed by atoms with E-state index >= 15 is 0 Å². The molecule has 0 radical (unpaired) electrons. The van der Waals surface area contributed by atoms with E-state index in [1.54, 1.807) is 0 Å². The summed E-state index contributed by atoms with van der Waals surface area (Å²) in [6.07, 6.45) is 2.26. The number of nitrogens with zero attached hydrogens (tertiary/aromatic N) is 1. The maximum absolute atomic E-state index is 12.5. The third kappa shape index (κ3) is 11.7. The zero-order valence-corrected chi connectivity index (χ0v) is 30.7. The molecule has 54 heavy (non-hydrogen) atoms. The number of aliphatic hydroxyl groups excluding tert-OH is 1. The van der Waals surface area contributed by atoms with Crippen LogP contribution in [0.2, 0.25) is 0 Å². The fraction of sp³-hybridized carbons (Fsp3) is 0.304. The Bertz CT molecular complexity index is 1880. The Hall–Kier alpha value is -5.12. The van der Waals surface area contributed by atoms with E-state index in [0.717, 1.165) is 52.9 Å². The molecule has 1 aliphatic heterocycles. The Balaban J connectivity index is 1.18. The molecule has 1 fully saturated rings. The van der Waals surface area contributed by atoms with Gasteiger partial charge in [-0.3, -0.25) is 14.5 Å². The first kappa shape index (κ1) is 38.6. The van der Waals surface area contributed by atoms with Crippen molar-refractivity contribution < 1.29 is 29.3 Å². The zero-order valence-electron chi connectivity index (χ0n) is 30.7. The van der Waals surface area contributed by atoms with Gasteiger partial charge in [-0.05, 0) is 63.9 Å². The predicted octanol–water partition coefficient (Wildman–Crippen LogP) is 8.75. The Kier molecular flexibility index (Phi) is 14.2. The summed E-state index contributed by atoms with van der Waals surface area (Å²) in [7, 11) is 0. The van der Waals surface area contributed by atoms with E-state index in [2.05, 4.69) is 89.1 Å². The Morgan fingerprint density at radius 3 is 1.94 bits per heavy atom. The van der Waals surface area contributed by atoms with E-state index in [4.69, 9.17) is 14.6 Å². The van der Waals surface area contributed by atoms with Crippen LogP contribution >= 0.6 is 0 Å². The van der Waals surface area contributed by atoms with Crippen molar-refractivity contribution in [3.8, 4) is 11.1 Å². The topological polar surface area (TPSA) is 108 Å². The molecule has 280 valence electrons. The predicted molar refractivity (Wildman–Crippen MR) is 210 cm³/mol. The highest BCUT2D eigenvalue weighted by Crippen LogP contribution is 2.39. The molecule has 0 saturated carbocycles. The summed E-state index contributed by atoms with van der Waals surface area (Å²) in [4.78, 5) is 25.6. The van der Waals surface area contributed by atoms with Gasteiger partial charge in [0.05, 0.1) is 18.8 Å². The molecule has 0 bridgehead atoms. The summed E-state index contributed by atoms with van der Waals surface area (Å²) in [5.74, 6) is -0.840. The zero-order chi connectivity index (χ0) is 37.5. The van der Waals surface area contributed by atoms with Crippen LogP contribution in [0.3, 0.4) is 0 Å². The van der Waals surface area contributed by atoms with Gasteiger partial charge in [-0.2, -0.15) is 0 Å². The quantitative estimate of drug-likeness (QED) is 0.0776. The van der Waals surface area contributed by atoms with Gasteiger partial charge in [0.1, 0.15) is 0 Å². The molecule has 5 aromatic rings. The Morgan fingerprint density at radius 1 is 0.648 bits per heavy atom. The number of aliphatic carboxylic acids is 1. The van der Waals surface area contributed by atoms with Gasteiger partial charge in [0, 0.05) is 51.0 Å². The third-order valence-electron chi connectivity index (χ3n) is 9.78. The molecule has 0 spiro atoms. The van der Waals surface area contributed by atoms with Crippen molar-refractivity contribution in [1.82, 2.24) is 10.2 Å². The van der Waals surface area contributed by atoms with Crippen LogP contribution < -0.4 is 5.32 Å². The van der Waals surface area contributed by atoms with Gasteiger partial charge in [-0.25, -0.2) is 0 Å². The van der Waals surface area contributed by atoms with E-state index in [-0.39, 0.29) is 31.1 Å². The maximum Gasteiger partial charge on any atom is 0.303 e. The summed E-state index contributed by atoms with van der Waals surface area (Å²) in [6.45, 7) is 2.69. The molecule has 3 atom stereocenters. The number of aliphatic hydroxyl groups is 1. The number of carboxylic acid groups (broad SMARTS) is 1. The average Bonchev–Trinajstić information content (AvgIpc) is 3.20. The molecule has 8 heteroatoms. The third-order valence-corrected chi connectivity index (χ3v) is 9.78. The van der Waals surface area contributed by atoms with Crippen LogP contribution in [0.5, 0.6) is 0 Å². The van der Waals surface area contributed by atoms with Crippen molar-refractivity contribution in [2.75, 3.05) is 6.54 Å². The van der Waals surface area contributed by atoms with Crippen LogP contribution in [0, 0.1) is 0 Å². The number of carbonyl (C=O) groups excluding carboxylic acids is 1. The second-order valence-electron chi connectivity index (χ2n) is 14.0. The van der Waals surface area contributed by atoms with Crippen LogP contribution in [-0.2, 0) is 45.3 Å². The summed E-state index contributed by atoms with van der Waals surface area (Å²) in [6, 6.07) is 45.5. The van der Waals surface area contributed by atoms with Crippen molar-refractivity contribution in [1.29, 1.82) is 0 Å². The molecule has 0 unspecified atom stereocenters. The number of hydrogen-bond donors (Lipinski definition) is 3. The van der Waals surface area contributed by atoms with Crippen molar-refractivity contribution >= 4 is 11.9 Å². The lowest BCUT2D eigenvalue weighted by Crippen LogP contribution is -2.39. The van der Waals surface area contributed by atoms with Crippen molar-refractivity contribution in [3.63, 3.8) is 0 Å². The number of benzene rings is 5. The first-order valence-electron chi connectivity index (χ1n) is 18.9. The standard InChI is InChI=1S/C46H50N2O6/c49-33-36-22-24-38(25-23-36)43-28-42(32-48(30-34-12-4-1-5-13-34)31-35-14-6-2-7-15-35)53-46(54-43)41-19-11-18-40(27-41)39-17-10-16-37(26-39)29-47-44(50)20-8-3-9-21-45(51)52/h1-2,4-7,10-19,22-27,42-43,46,49H,3,8-9,20-21,28-33H2,(H,47,50)(H,51,52)/t42-,43+,46+/m0/s1. The van der Waals surface area contributed by atoms with Gasteiger partial charge < -0.3 is 25.0 Å². The Morgan fingerprint density at radius 2 is 1.28 bits per heavy atom. The van der Waals surface area contributed by atoms with Crippen LogP contribution in [0.4, 0.5) is 0 Å². The number of hydrogen-bond acceptors (Lipinski definition) is 6. The number of amides is 1. The van der Waals surface area contributed by atoms with Crippen molar-refractivity contribution in [2.45, 2.75) is 83.3 Å². The second kappa shape index (κ2) is 19.8. The maximum atomic E-state index is 12.5. The summed E-state index contributed by atoms with van der Waals surface area (Å²) in [5, 5.41) is 21.5. The number of carbonyl (C=O) groups is 2. The lowest BCUT2D eigenvalue weighted by atomic mass is 9.98. The molecule has 8 nitrogen and oxygen atoms in total. The molecule has 1 aliphatic rings. The molecule has 5 aromatic carbocycles. The normalized spacial score (nSPS) is 17.0. The lowest BCUT2D eigenvalue weighted by molar-refractivity contribution is -0.253. The number of rotatable bonds is 18. The van der Waals surface area contributed by atoms with Crippen molar-refractivity contribution in [3.05, 3.63) is 167 Å². The van der Waals surface area contributed by atoms with E-state index in [1.807, 2.05) is 54.6 Å². The molecule has 3 N–H and O–H groups in total. The largest absolute Gasteiger partial charge is 0.481 e. The summed E-state index contributed by atoms with van der Waals surface area (Å²) in [5.41, 5.74) is 8.36. The number of carboxylic acids is 1. The number of nitrogens with one attached hydrogen (secondary N) is 1. The van der Waals surface area contributed by atoms with Crippen LogP contribution in [0.1, 0.15) is 84.3 Å². The second-order valence-corrected chi connectivity index (χ2v) is 14.0. The fourth-order valence-electron chi connectivity index (χ4n) is 6.94. The molecule has 1 amide bonds. The first-order chi connectivity index (χ1) is 26.4. The number of unbranched alkanes of at least 4 members (excludes halogenated alkanes) is 2. The van der Waals surface area contributed by atoms with Gasteiger partial charge in [-0.1, -0.05) is 128 Å². The van der Waals surface area contributed by atoms with Gasteiger partial charge in [-0.15, -0.1) is 0 Å². The molecule has 1 saturated heterocycles. The van der Waals surface area contributed by atoms with Crippen LogP contribution in [-0.4, -0.2) is 39.6 Å². The average molecular weight is 727 g/mol. The lowest BCUT2D eigenvalue weighted by Gasteiger charge is -2.38. The minimum atomic E-state index is -0.803. The Labute approximate surface area is 318 Å². The first-order valence-corrected chi connectivity index (χ1v) is 18.9. The SMILES string of the molecule is O=C(O)CCCCCC(=O)NCc1cccc(-c2cccc([C@@H]3O[C@H](CN(Cc4ccccc4)Cc4ccccc4)C[C@H](c4ccc(CO)cc4)O3)c2)c1. The molecule has 0 aromatic heterocycles. The fourth-order valence-corrected chi connectivity index (χ4v) is 6.94. The molecular weight excluding hydrogens is 677 g/mol. The highest BCUT2D eigenvalue weighted by atomic mass is 16.7. The monoisotopic (exact) mass is 726 g/mol. The highest BCUT2D eigenvalue weighted by Gasteiger charge is 2.33. The molecule has 1 heterocycles. The highest BCUT2D eigenvalue weighted by molar-refractivity contribution is 5.76. The molecular formula is C46H50N2O6. The van der Waals surface area contributed by atoms with Crippen LogP contribution in [0.25, 0.3) is 11.1 Å². The van der Waals surface area contributed by atoms with E-state index in [0.29, 0.717) is 38.8 Å². The van der Waals surface area contributed by atoms with E-state index < -0.39 is 12.3 Å². The number of ether oxygens (including phenoxy) is 2. The van der Waals surface area contributed by atoms with Crippen LogP contribution in [0.15, 0.2) is 133 Å². The van der Waals surface area contributed by atoms with Gasteiger partial charge in [0.15, 0.2) is 6.29 Å². The molecule has 6 rings (SSSR count). The molecule has 0 aliphatic carbocycles. The van der Waals surface area contributed by atoms with Crippen molar-refractivity contribution in [2.24, 2.45) is 0 Å². The van der Waals surface area contributed by atoms with E-state index in [9.17, 15) is 14.7 Å².